The van der Waals surface area contributed by atoms with E-state index in [0.29, 0.717) is 19.6 Å². The Bertz CT molecular complexity index is 313. The number of nitrogens with one attached hydrogen (secondary N) is 1. The molecule has 0 amide bonds. The second-order valence-corrected chi connectivity index (χ2v) is 3.85. The third-order valence-corrected chi connectivity index (χ3v) is 2.15. The van der Waals surface area contributed by atoms with Crippen LogP contribution in [0.5, 0.6) is 0 Å². The van der Waals surface area contributed by atoms with Crippen molar-refractivity contribution in [3.05, 3.63) is 30.1 Å². The Hall–Kier alpha value is -1.14. The maximum absolute atomic E-state index is 12.0. The van der Waals surface area contributed by atoms with Gasteiger partial charge in [0.15, 0.2) is 0 Å². The third kappa shape index (κ3) is 6.91. The first-order valence-corrected chi connectivity index (χ1v) is 5.33. The summed E-state index contributed by atoms with van der Waals surface area (Å²) < 4.78 is 36.0. The molecular weight excluding hydrogens is 231 g/mol. The van der Waals surface area contributed by atoms with E-state index in [9.17, 15) is 13.2 Å². The van der Waals surface area contributed by atoms with Gasteiger partial charge in [-0.05, 0) is 19.2 Å². The lowest BCUT2D eigenvalue weighted by Gasteiger charge is -2.18. The number of hydrogen-bond donors (Lipinski definition) is 1. The van der Waals surface area contributed by atoms with Crippen molar-refractivity contribution in [1.29, 1.82) is 0 Å². The second-order valence-electron chi connectivity index (χ2n) is 3.85. The zero-order valence-electron chi connectivity index (χ0n) is 9.67. The molecule has 0 aliphatic carbocycles. The molecule has 17 heavy (non-hydrogen) atoms. The molecule has 0 aliphatic heterocycles. The molecule has 0 unspecified atom stereocenters. The Balaban J connectivity index is 2.12. The highest BCUT2D eigenvalue weighted by atomic mass is 19.4. The molecule has 0 saturated carbocycles. The summed E-state index contributed by atoms with van der Waals surface area (Å²) in [7, 11) is 1.45. The van der Waals surface area contributed by atoms with Crippen LogP contribution in [0.3, 0.4) is 0 Å². The van der Waals surface area contributed by atoms with Gasteiger partial charge in [0.25, 0.3) is 0 Å². The predicted octanol–water partition coefficient (Wildman–Crippen LogP) is 1.67. The molecule has 0 spiro atoms. The summed E-state index contributed by atoms with van der Waals surface area (Å²) in [5, 5.41) is 3.05. The number of rotatable bonds is 6. The minimum Gasteiger partial charge on any atom is -0.310 e. The molecule has 6 heteroatoms. The summed E-state index contributed by atoms with van der Waals surface area (Å²) in [5.41, 5.74) is 0.881. The van der Waals surface area contributed by atoms with Crippen LogP contribution >= 0.6 is 0 Å². The van der Waals surface area contributed by atoms with E-state index in [-0.39, 0.29) is 0 Å². The van der Waals surface area contributed by atoms with E-state index in [2.05, 4.69) is 10.3 Å². The monoisotopic (exact) mass is 247 g/mol. The van der Waals surface area contributed by atoms with E-state index in [1.165, 1.54) is 11.9 Å². The van der Waals surface area contributed by atoms with Crippen molar-refractivity contribution in [2.75, 3.05) is 26.7 Å². The van der Waals surface area contributed by atoms with Crippen LogP contribution in [0.4, 0.5) is 13.2 Å². The summed E-state index contributed by atoms with van der Waals surface area (Å²) >= 11 is 0. The highest BCUT2D eigenvalue weighted by Crippen LogP contribution is 2.14. The van der Waals surface area contributed by atoms with Crippen molar-refractivity contribution in [1.82, 2.24) is 15.2 Å². The van der Waals surface area contributed by atoms with Crippen LogP contribution in [-0.4, -0.2) is 42.7 Å². The number of hydrogen-bond acceptors (Lipinski definition) is 3. The van der Waals surface area contributed by atoms with E-state index in [1.54, 1.807) is 6.20 Å². The molecule has 96 valence electrons. The van der Waals surface area contributed by atoms with Gasteiger partial charge in [-0.1, -0.05) is 6.07 Å². The Labute approximate surface area is 98.6 Å². The van der Waals surface area contributed by atoms with Gasteiger partial charge in [-0.15, -0.1) is 0 Å². The minimum absolute atomic E-state index is 0.354. The molecule has 0 aromatic carbocycles. The predicted molar refractivity (Wildman–Crippen MR) is 59.5 cm³/mol. The van der Waals surface area contributed by atoms with Crippen LogP contribution < -0.4 is 5.32 Å². The average Bonchev–Trinajstić information content (AvgIpc) is 2.23. The van der Waals surface area contributed by atoms with Crippen molar-refractivity contribution in [2.45, 2.75) is 12.7 Å². The van der Waals surface area contributed by atoms with Gasteiger partial charge in [0.2, 0.25) is 0 Å². The summed E-state index contributed by atoms with van der Waals surface area (Å²) in [6, 6.07) is 5.56. The lowest BCUT2D eigenvalue weighted by molar-refractivity contribution is -0.142. The summed E-state index contributed by atoms with van der Waals surface area (Å²) in [6.07, 6.45) is -2.44. The maximum atomic E-state index is 12.0. The van der Waals surface area contributed by atoms with E-state index in [0.717, 1.165) is 5.69 Å². The fraction of sp³-hybridized carbons (Fsp3) is 0.545. The van der Waals surface area contributed by atoms with Crippen molar-refractivity contribution < 1.29 is 13.2 Å². The first-order chi connectivity index (χ1) is 7.97. The molecule has 0 aliphatic rings. The van der Waals surface area contributed by atoms with Gasteiger partial charge in [0.05, 0.1) is 12.2 Å². The van der Waals surface area contributed by atoms with Crippen molar-refractivity contribution in [3.63, 3.8) is 0 Å². The fourth-order valence-corrected chi connectivity index (χ4v) is 1.37. The van der Waals surface area contributed by atoms with Crippen molar-refractivity contribution in [2.24, 2.45) is 0 Å². The Morgan fingerprint density at radius 2 is 2.12 bits per heavy atom. The number of nitrogens with zero attached hydrogens (tertiary/aromatic N) is 2. The van der Waals surface area contributed by atoms with Crippen molar-refractivity contribution >= 4 is 0 Å². The van der Waals surface area contributed by atoms with E-state index in [4.69, 9.17) is 0 Å². The largest absolute Gasteiger partial charge is 0.401 e. The first-order valence-electron chi connectivity index (χ1n) is 5.33. The number of pyridine rings is 1. The van der Waals surface area contributed by atoms with Gasteiger partial charge < -0.3 is 5.32 Å². The molecule has 0 saturated heterocycles. The number of likely N-dealkylation sites (N-methyl/N-ethyl adjacent to an activating group) is 1. The molecule has 0 radical (unpaired) electrons. The Morgan fingerprint density at radius 3 is 2.71 bits per heavy atom. The van der Waals surface area contributed by atoms with Crippen LogP contribution in [-0.2, 0) is 6.54 Å². The van der Waals surface area contributed by atoms with Crippen LogP contribution in [0.15, 0.2) is 24.4 Å². The Kier molecular flexibility index (Phi) is 5.37. The zero-order valence-corrected chi connectivity index (χ0v) is 9.67. The van der Waals surface area contributed by atoms with Gasteiger partial charge in [-0.3, -0.25) is 9.88 Å². The topological polar surface area (TPSA) is 28.2 Å². The maximum Gasteiger partial charge on any atom is 0.401 e. The van der Waals surface area contributed by atoms with E-state index in [1.807, 2.05) is 18.2 Å². The van der Waals surface area contributed by atoms with Crippen molar-refractivity contribution in [3.8, 4) is 0 Å². The second kappa shape index (κ2) is 6.56. The highest BCUT2D eigenvalue weighted by Gasteiger charge is 2.28. The van der Waals surface area contributed by atoms with Gasteiger partial charge in [-0.2, -0.15) is 13.2 Å². The number of halogens is 3. The van der Waals surface area contributed by atoms with Crippen LogP contribution in [0, 0.1) is 0 Å². The molecule has 0 bridgehead atoms. The lowest BCUT2D eigenvalue weighted by atomic mass is 10.3. The molecule has 0 atom stereocenters. The molecule has 0 fully saturated rings. The fourth-order valence-electron chi connectivity index (χ4n) is 1.37. The molecule has 1 aromatic rings. The number of alkyl halides is 3. The minimum atomic E-state index is -4.13. The Morgan fingerprint density at radius 1 is 1.35 bits per heavy atom. The van der Waals surface area contributed by atoms with Gasteiger partial charge in [0.1, 0.15) is 0 Å². The molecule has 1 N–H and O–H groups in total. The molecule has 1 heterocycles. The van der Waals surface area contributed by atoms with E-state index < -0.39 is 12.7 Å². The highest BCUT2D eigenvalue weighted by molar-refractivity contribution is 5.02. The average molecular weight is 247 g/mol. The molecule has 1 aromatic heterocycles. The standard InChI is InChI=1S/C11H16F3N3/c1-17(9-11(12,13)14)7-6-15-8-10-4-2-3-5-16-10/h2-5,15H,6-9H2,1H3. The van der Waals surface area contributed by atoms with Crippen LogP contribution in [0.1, 0.15) is 5.69 Å². The van der Waals surface area contributed by atoms with Gasteiger partial charge in [0, 0.05) is 25.8 Å². The van der Waals surface area contributed by atoms with Gasteiger partial charge >= 0.3 is 6.18 Å². The summed E-state index contributed by atoms with van der Waals surface area (Å²) in [5.74, 6) is 0. The zero-order chi connectivity index (χ0) is 12.7. The quantitative estimate of drug-likeness (QED) is 0.775. The van der Waals surface area contributed by atoms with Crippen LogP contribution in [0.2, 0.25) is 0 Å². The SMILES string of the molecule is CN(CCNCc1ccccn1)CC(F)(F)F. The van der Waals surface area contributed by atoms with Gasteiger partial charge in [-0.25, -0.2) is 0 Å². The molecular formula is C11H16F3N3. The molecule has 1 rings (SSSR count). The van der Waals surface area contributed by atoms with E-state index >= 15 is 0 Å². The first kappa shape index (κ1) is 13.9. The summed E-state index contributed by atoms with van der Waals surface area (Å²) in [6.45, 7) is 0.550. The smallest absolute Gasteiger partial charge is 0.310 e. The number of aromatic nitrogens is 1. The third-order valence-electron chi connectivity index (χ3n) is 2.15. The summed E-state index contributed by atoms with van der Waals surface area (Å²) in [4.78, 5) is 5.34. The lowest BCUT2D eigenvalue weighted by Crippen LogP contribution is -2.35. The normalized spacial score (nSPS) is 12.1. The van der Waals surface area contributed by atoms with Crippen LogP contribution in [0.25, 0.3) is 0 Å². The molecule has 3 nitrogen and oxygen atoms in total.